The molecule has 2 amide bonds. The van der Waals surface area contributed by atoms with Gasteiger partial charge in [-0.25, -0.2) is 0 Å². The van der Waals surface area contributed by atoms with Crippen molar-refractivity contribution in [2.45, 2.75) is 6.04 Å². The normalized spacial score (nSPS) is 11.9. The average Bonchev–Trinajstić information content (AvgIpc) is 3.07. The van der Waals surface area contributed by atoms with Crippen molar-refractivity contribution in [1.29, 1.82) is 0 Å². The van der Waals surface area contributed by atoms with E-state index in [1.54, 1.807) is 20.2 Å². The molecule has 1 aromatic carbocycles. The summed E-state index contributed by atoms with van der Waals surface area (Å²) in [6, 6.07) is 11.3. The number of rotatable bonds is 8. The monoisotopic (exact) mass is 453 g/mol. The molecule has 1 N–H and O–H groups in total. The van der Waals surface area contributed by atoms with Crippen LogP contribution >= 0.6 is 27.3 Å². The number of benzene rings is 1. The Kier molecular flexibility index (Phi) is 7.82. The van der Waals surface area contributed by atoms with E-state index in [2.05, 4.69) is 21.2 Å². The number of ether oxygens (including phenoxy) is 1. The van der Waals surface area contributed by atoms with Gasteiger partial charge in [0.1, 0.15) is 5.75 Å². The van der Waals surface area contributed by atoms with Crippen LogP contribution < -0.4 is 10.1 Å². The van der Waals surface area contributed by atoms with Gasteiger partial charge in [0.15, 0.2) is 0 Å². The maximum absolute atomic E-state index is 12.3. The third-order valence-electron chi connectivity index (χ3n) is 4.11. The number of hydrogen-bond donors (Lipinski definition) is 1. The Labute approximate surface area is 172 Å². The van der Waals surface area contributed by atoms with Crippen molar-refractivity contribution in [1.82, 2.24) is 15.1 Å². The van der Waals surface area contributed by atoms with Crippen molar-refractivity contribution >= 4 is 39.1 Å². The summed E-state index contributed by atoms with van der Waals surface area (Å²) >= 11 is 4.69. The van der Waals surface area contributed by atoms with Gasteiger partial charge in [-0.3, -0.25) is 9.59 Å². The van der Waals surface area contributed by atoms with E-state index >= 15 is 0 Å². The molecule has 2 rings (SSSR count). The standard InChI is InChI=1S/C19H24BrN3O3S/c1-22(2)15(13-6-5-7-14(10-13)26-4)11-21-18(24)12-23(3)19(25)16-8-9-17(20)27-16/h5-10,15H,11-12H2,1-4H3,(H,21,24). The molecule has 0 spiro atoms. The Morgan fingerprint density at radius 2 is 1.96 bits per heavy atom. The number of methoxy groups -OCH3 is 1. The molecule has 0 bridgehead atoms. The average molecular weight is 454 g/mol. The Hall–Kier alpha value is -1.90. The van der Waals surface area contributed by atoms with Crippen LogP contribution in [0.2, 0.25) is 0 Å². The second kappa shape index (κ2) is 9.87. The number of halogens is 1. The molecule has 2 aromatic rings. The summed E-state index contributed by atoms with van der Waals surface area (Å²) in [5.41, 5.74) is 1.05. The fourth-order valence-electron chi connectivity index (χ4n) is 2.62. The van der Waals surface area contributed by atoms with Gasteiger partial charge in [0.05, 0.1) is 28.4 Å². The van der Waals surface area contributed by atoms with Crippen LogP contribution in [0.1, 0.15) is 21.3 Å². The molecular formula is C19H24BrN3O3S. The zero-order valence-electron chi connectivity index (χ0n) is 15.9. The lowest BCUT2D eigenvalue weighted by molar-refractivity contribution is -0.121. The molecular weight excluding hydrogens is 430 g/mol. The number of nitrogens with zero attached hydrogens (tertiary/aromatic N) is 2. The highest BCUT2D eigenvalue weighted by molar-refractivity contribution is 9.11. The molecule has 1 atom stereocenters. The molecule has 6 nitrogen and oxygen atoms in total. The van der Waals surface area contributed by atoms with Gasteiger partial charge in [-0.15, -0.1) is 11.3 Å². The first kappa shape index (κ1) is 21.4. The molecule has 27 heavy (non-hydrogen) atoms. The lowest BCUT2D eigenvalue weighted by Crippen LogP contribution is -2.41. The van der Waals surface area contributed by atoms with Crippen molar-refractivity contribution in [2.75, 3.05) is 41.3 Å². The summed E-state index contributed by atoms with van der Waals surface area (Å²) in [5, 5.41) is 2.92. The molecule has 0 saturated heterocycles. The fraction of sp³-hybridized carbons (Fsp3) is 0.368. The van der Waals surface area contributed by atoms with Crippen LogP contribution in [0.15, 0.2) is 40.2 Å². The Balaban J connectivity index is 1.94. The minimum absolute atomic E-state index is 0.00157. The highest BCUT2D eigenvalue weighted by Crippen LogP contribution is 2.23. The molecule has 8 heteroatoms. The van der Waals surface area contributed by atoms with Gasteiger partial charge in [-0.1, -0.05) is 12.1 Å². The molecule has 0 aliphatic heterocycles. The van der Waals surface area contributed by atoms with Gasteiger partial charge in [0, 0.05) is 13.6 Å². The predicted octanol–water partition coefficient (Wildman–Crippen LogP) is 3.01. The molecule has 0 saturated carbocycles. The molecule has 1 heterocycles. The lowest BCUT2D eigenvalue weighted by atomic mass is 10.1. The quantitative estimate of drug-likeness (QED) is 0.667. The SMILES string of the molecule is COc1cccc(C(CNC(=O)CN(C)C(=O)c2ccc(Br)s2)N(C)C)c1. The second-order valence-corrected chi connectivity index (χ2v) is 8.79. The Morgan fingerprint density at radius 1 is 1.22 bits per heavy atom. The minimum atomic E-state index is -0.198. The summed E-state index contributed by atoms with van der Waals surface area (Å²) < 4.78 is 6.17. The third kappa shape index (κ3) is 6.05. The van der Waals surface area contributed by atoms with Gasteiger partial charge < -0.3 is 19.9 Å². The molecule has 1 aromatic heterocycles. The van der Waals surface area contributed by atoms with Gasteiger partial charge in [-0.2, -0.15) is 0 Å². The van der Waals surface area contributed by atoms with E-state index in [0.29, 0.717) is 11.4 Å². The number of amides is 2. The van der Waals surface area contributed by atoms with Crippen LogP contribution in [-0.4, -0.2) is 63.0 Å². The summed E-state index contributed by atoms with van der Waals surface area (Å²) in [5.74, 6) is 0.409. The largest absolute Gasteiger partial charge is 0.497 e. The molecule has 0 aliphatic rings. The summed E-state index contributed by atoms with van der Waals surface area (Å²) in [6.07, 6.45) is 0. The first-order chi connectivity index (χ1) is 12.8. The summed E-state index contributed by atoms with van der Waals surface area (Å²) in [4.78, 5) is 28.7. The van der Waals surface area contributed by atoms with Crippen LogP contribution in [0.3, 0.4) is 0 Å². The summed E-state index contributed by atoms with van der Waals surface area (Å²) in [6.45, 7) is 0.443. The van der Waals surface area contributed by atoms with Crippen LogP contribution in [-0.2, 0) is 4.79 Å². The van der Waals surface area contributed by atoms with E-state index in [9.17, 15) is 9.59 Å². The van der Waals surface area contributed by atoms with Crippen molar-refractivity contribution in [3.05, 3.63) is 50.6 Å². The Bertz CT molecular complexity index is 794. The van der Waals surface area contributed by atoms with E-state index < -0.39 is 0 Å². The topological polar surface area (TPSA) is 61.9 Å². The molecule has 146 valence electrons. The van der Waals surface area contributed by atoms with Crippen molar-refractivity contribution in [3.8, 4) is 5.75 Å². The Morgan fingerprint density at radius 3 is 2.56 bits per heavy atom. The van der Waals surface area contributed by atoms with Crippen LogP contribution in [0.4, 0.5) is 0 Å². The van der Waals surface area contributed by atoms with Crippen LogP contribution in [0, 0.1) is 0 Å². The highest BCUT2D eigenvalue weighted by atomic mass is 79.9. The summed E-state index contributed by atoms with van der Waals surface area (Å²) in [7, 11) is 7.17. The van der Waals surface area contributed by atoms with Crippen molar-refractivity contribution < 1.29 is 14.3 Å². The maximum Gasteiger partial charge on any atom is 0.264 e. The van der Waals surface area contributed by atoms with Gasteiger partial charge in [-0.05, 0) is 59.9 Å². The maximum atomic E-state index is 12.3. The van der Waals surface area contributed by atoms with Gasteiger partial charge in [0.25, 0.3) is 5.91 Å². The number of likely N-dealkylation sites (N-methyl/N-ethyl adjacent to an activating group) is 2. The fourth-order valence-corrected chi connectivity index (χ4v) is 4.00. The first-order valence-electron chi connectivity index (χ1n) is 8.39. The van der Waals surface area contributed by atoms with E-state index in [1.165, 1.54) is 16.2 Å². The minimum Gasteiger partial charge on any atom is -0.497 e. The zero-order chi connectivity index (χ0) is 20.0. The number of hydrogen-bond acceptors (Lipinski definition) is 5. The van der Waals surface area contributed by atoms with E-state index in [0.717, 1.165) is 15.1 Å². The highest BCUT2D eigenvalue weighted by Gasteiger charge is 2.19. The van der Waals surface area contributed by atoms with E-state index in [4.69, 9.17) is 4.74 Å². The smallest absolute Gasteiger partial charge is 0.264 e. The first-order valence-corrected chi connectivity index (χ1v) is 10.0. The molecule has 0 fully saturated rings. The lowest BCUT2D eigenvalue weighted by Gasteiger charge is -2.26. The predicted molar refractivity (Wildman–Crippen MR) is 111 cm³/mol. The van der Waals surface area contributed by atoms with E-state index in [1.807, 2.05) is 49.3 Å². The van der Waals surface area contributed by atoms with Crippen molar-refractivity contribution in [2.24, 2.45) is 0 Å². The molecule has 0 aliphatic carbocycles. The molecule has 0 radical (unpaired) electrons. The van der Waals surface area contributed by atoms with Gasteiger partial charge >= 0.3 is 0 Å². The number of nitrogens with one attached hydrogen (secondary N) is 1. The zero-order valence-corrected chi connectivity index (χ0v) is 18.3. The number of carbonyl (C=O) groups excluding carboxylic acids is 2. The van der Waals surface area contributed by atoms with Crippen molar-refractivity contribution in [3.63, 3.8) is 0 Å². The van der Waals surface area contributed by atoms with E-state index in [-0.39, 0.29) is 24.4 Å². The number of thiophene rings is 1. The van der Waals surface area contributed by atoms with Gasteiger partial charge in [0.2, 0.25) is 5.91 Å². The van der Waals surface area contributed by atoms with Crippen LogP contribution in [0.25, 0.3) is 0 Å². The second-order valence-electron chi connectivity index (χ2n) is 6.33. The number of carbonyl (C=O) groups is 2. The third-order valence-corrected chi connectivity index (χ3v) is 5.72. The van der Waals surface area contributed by atoms with Crippen LogP contribution in [0.5, 0.6) is 5.75 Å². The molecule has 1 unspecified atom stereocenters.